The first kappa shape index (κ1) is 24.8. The molecule has 0 saturated carbocycles. The van der Waals surface area contributed by atoms with Crippen LogP contribution in [0.1, 0.15) is 0 Å². The van der Waals surface area contributed by atoms with Crippen molar-refractivity contribution in [1.29, 1.82) is 0 Å². The largest absolute Gasteiger partial charge is 0.494 e. The molecule has 0 spiro atoms. The van der Waals surface area contributed by atoms with Gasteiger partial charge in [0.1, 0.15) is 10.0 Å². The molecule has 4 N–H and O–H groups in total. The second kappa shape index (κ2) is 9.38. The summed E-state index contributed by atoms with van der Waals surface area (Å²) in [5, 5.41) is 16.7. The number of amides is 2. The van der Waals surface area contributed by atoms with E-state index in [1.807, 2.05) is 0 Å². The molecule has 2 aromatic heterocycles. The molecule has 0 atom stereocenters. The van der Waals surface area contributed by atoms with Gasteiger partial charge in [-0.2, -0.15) is 0 Å². The second-order valence-corrected chi connectivity index (χ2v) is 11.1. The van der Waals surface area contributed by atoms with Gasteiger partial charge >= 0.3 is 6.03 Å². The molecule has 35 heavy (non-hydrogen) atoms. The van der Waals surface area contributed by atoms with Crippen LogP contribution < -0.4 is 20.9 Å². The number of aromatic hydroxyl groups is 1. The Hall–Kier alpha value is -3.32. The van der Waals surface area contributed by atoms with E-state index in [0.29, 0.717) is 11.1 Å². The van der Waals surface area contributed by atoms with E-state index in [1.54, 1.807) is 17.8 Å². The van der Waals surface area contributed by atoms with Gasteiger partial charge in [0.15, 0.2) is 0 Å². The predicted octanol–water partition coefficient (Wildman–Crippen LogP) is 4.76. The maximum absolute atomic E-state index is 14.9. The van der Waals surface area contributed by atoms with E-state index in [9.17, 15) is 27.5 Å². The lowest BCUT2D eigenvalue weighted by molar-refractivity contribution is 0.256. The molecule has 0 radical (unpaired) electrons. The van der Waals surface area contributed by atoms with E-state index < -0.39 is 33.3 Å². The van der Waals surface area contributed by atoms with Gasteiger partial charge < -0.3 is 15.7 Å². The Balaban J connectivity index is 1.63. The molecule has 2 amide bonds. The SMILES string of the molecule is CNc1cc2cc(=O)n(-c3ccc(NC(=O)NS(=O)(=O)c4ccc(Cl)s4)cc3F)c(O)c2cc1Cl. The first-order valence-electron chi connectivity index (χ1n) is 9.65. The Morgan fingerprint density at radius 2 is 1.86 bits per heavy atom. The molecule has 2 heterocycles. The Bertz CT molecular complexity index is 1650. The minimum absolute atomic E-state index is 0.0989. The lowest BCUT2D eigenvalue weighted by Crippen LogP contribution is -2.34. The van der Waals surface area contributed by atoms with Crippen LogP contribution in [0.3, 0.4) is 0 Å². The fraction of sp³-hybridized carbons (Fsp3) is 0.0476. The van der Waals surface area contributed by atoms with E-state index in [1.165, 1.54) is 30.3 Å². The lowest BCUT2D eigenvalue weighted by Gasteiger charge is -2.14. The van der Waals surface area contributed by atoms with Gasteiger partial charge in [0.05, 0.1) is 20.7 Å². The van der Waals surface area contributed by atoms with Crippen molar-refractivity contribution in [1.82, 2.24) is 9.29 Å². The zero-order valence-corrected chi connectivity index (χ0v) is 20.7. The standard InChI is InChI=1S/C21H15Cl2FN4O5S2/c1-25-15-6-10-7-18(29)28(20(30)12(10)9-13(15)22)16-3-2-11(8-14(16)24)26-21(31)27-35(32,33)19-5-4-17(23)34-19/h2-9,25,30H,1H3,(H2,26,27,31). The van der Waals surface area contributed by atoms with Gasteiger partial charge in [0.25, 0.3) is 15.6 Å². The van der Waals surface area contributed by atoms with Crippen LogP contribution in [0.15, 0.2) is 57.5 Å². The topological polar surface area (TPSA) is 130 Å². The number of pyridine rings is 1. The summed E-state index contributed by atoms with van der Waals surface area (Å²) >= 11 is 12.7. The van der Waals surface area contributed by atoms with E-state index in [0.717, 1.165) is 28.0 Å². The van der Waals surface area contributed by atoms with Crippen LogP contribution in [0.4, 0.5) is 20.6 Å². The van der Waals surface area contributed by atoms with Gasteiger partial charge in [-0.3, -0.25) is 4.79 Å². The molecule has 0 aliphatic heterocycles. The molecule has 0 aliphatic rings. The van der Waals surface area contributed by atoms with Crippen molar-refractivity contribution < 1.29 is 22.7 Å². The molecule has 182 valence electrons. The summed E-state index contributed by atoms with van der Waals surface area (Å²) in [7, 11) is -2.53. The lowest BCUT2D eigenvalue weighted by atomic mass is 10.1. The molecule has 9 nitrogen and oxygen atoms in total. The molecule has 2 aromatic carbocycles. The number of urea groups is 1. The summed E-state index contributed by atoms with van der Waals surface area (Å²) in [5.41, 5.74) is -0.564. The Morgan fingerprint density at radius 3 is 2.49 bits per heavy atom. The van der Waals surface area contributed by atoms with Crippen molar-refractivity contribution in [3.05, 3.63) is 74.1 Å². The number of sulfonamides is 1. The monoisotopic (exact) mass is 556 g/mol. The van der Waals surface area contributed by atoms with Crippen LogP contribution in [-0.4, -0.2) is 31.2 Å². The van der Waals surface area contributed by atoms with Crippen LogP contribution in [0, 0.1) is 5.82 Å². The number of hydrogen-bond acceptors (Lipinski definition) is 7. The third kappa shape index (κ3) is 4.91. The fourth-order valence-corrected chi connectivity index (χ4v) is 5.94. The van der Waals surface area contributed by atoms with Crippen molar-refractivity contribution in [2.75, 3.05) is 17.7 Å². The molecule has 0 fully saturated rings. The van der Waals surface area contributed by atoms with Crippen LogP contribution in [0.5, 0.6) is 5.88 Å². The number of hydrogen-bond donors (Lipinski definition) is 4. The zero-order valence-electron chi connectivity index (χ0n) is 17.6. The maximum Gasteiger partial charge on any atom is 0.333 e. The van der Waals surface area contributed by atoms with E-state index in [4.69, 9.17) is 23.2 Å². The Labute approximate surface area is 211 Å². The highest BCUT2D eigenvalue weighted by molar-refractivity contribution is 7.92. The fourth-order valence-electron chi connectivity index (χ4n) is 3.29. The quantitative estimate of drug-likeness (QED) is 0.280. The minimum atomic E-state index is -4.18. The number of nitrogens with one attached hydrogen (secondary N) is 3. The number of halogens is 3. The number of carbonyl (C=O) groups is 1. The normalized spacial score (nSPS) is 11.4. The van der Waals surface area contributed by atoms with Crippen molar-refractivity contribution in [3.63, 3.8) is 0 Å². The maximum atomic E-state index is 14.9. The first-order chi connectivity index (χ1) is 16.5. The number of fused-ring (bicyclic) bond motifs is 1. The number of aromatic nitrogens is 1. The molecule has 4 rings (SSSR count). The summed E-state index contributed by atoms with van der Waals surface area (Å²) in [6.07, 6.45) is 0. The van der Waals surface area contributed by atoms with Crippen molar-refractivity contribution in [2.24, 2.45) is 0 Å². The molecule has 14 heteroatoms. The van der Waals surface area contributed by atoms with Gasteiger partial charge in [-0.15, -0.1) is 11.3 Å². The number of rotatable bonds is 5. The van der Waals surface area contributed by atoms with E-state index in [-0.39, 0.29) is 30.3 Å². The molecule has 0 saturated heterocycles. The Kier molecular flexibility index (Phi) is 6.64. The first-order valence-corrected chi connectivity index (χ1v) is 12.7. The van der Waals surface area contributed by atoms with E-state index >= 15 is 0 Å². The summed E-state index contributed by atoms with van der Waals surface area (Å²) < 4.78 is 42.0. The molecule has 0 unspecified atom stereocenters. The molecule has 0 bridgehead atoms. The highest BCUT2D eigenvalue weighted by atomic mass is 35.5. The average Bonchev–Trinajstić information content (AvgIpc) is 3.22. The predicted molar refractivity (Wildman–Crippen MR) is 134 cm³/mol. The average molecular weight is 557 g/mol. The second-order valence-electron chi connectivity index (χ2n) is 7.10. The molecular formula is C21H15Cl2FN4O5S2. The van der Waals surface area contributed by atoms with Gasteiger partial charge in [0.2, 0.25) is 5.88 Å². The highest BCUT2D eigenvalue weighted by Gasteiger charge is 2.21. The van der Waals surface area contributed by atoms with Gasteiger partial charge in [0, 0.05) is 24.2 Å². The van der Waals surface area contributed by atoms with Gasteiger partial charge in [-0.25, -0.2) is 26.9 Å². The number of carbonyl (C=O) groups excluding carboxylic acids is 1. The number of nitrogens with zero attached hydrogens (tertiary/aromatic N) is 1. The smallest absolute Gasteiger partial charge is 0.333 e. The van der Waals surface area contributed by atoms with Gasteiger partial charge in [-0.1, -0.05) is 23.2 Å². The van der Waals surface area contributed by atoms with Crippen LogP contribution >= 0.6 is 34.5 Å². The van der Waals surface area contributed by atoms with Crippen molar-refractivity contribution >= 4 is 72.7 Å². The van der Waals surface area contributed by atoms with E-state index in [2.05, 4.69) is 10.6 Å². The van der Waals surface area contributed by atoms with Crippen LogP contribution in [0.25, 0.3) is 16.5 Å². The van der Waals surface area contributed by atoms with Crippen LogP contribution in [0.2, 0.25) is 9.36 Å². The molecule has 4 aromatic rings. The van der Waals surface area contributed by atoms with Crippen molar-refractivity contribution in [2.45, 2.75) is 4.21 Å². The molecule has 0 aliphatic carbocycles. The summed E-state index contributed by atoms with van der Waals surface area (Å²) in [4.78, 5) is 24.8. The summed E-state index contributed by atoms with van der Waals surface area (Å²) in [6, 6.07) is 8.94. The Morgan fingerprint density at radius 1 is 1.11 bits per heavy atom. The van der Waals surface area contributed by atoms with Crippen LogP contribution in [-0.2, 0) is 10.0 Å². The summed E-state index contributed by atoms with van der Waals surface area (Å²) in [6.45, 7) is 0. The number of benzene rings is 2. The third-order valence-corrected chi connectivity index (χ3v) is 8.21. The van der Waals surface area contributed by atoms with Crippen molar-refractivity contribution in [3.8, 4) is 11.6 Å². The minimum Gasteiger partial charge on any atom is -0.494 e. The van der Waals surface area contributed by atoms with Gasteiger partial charge in [-0.05, 0) is 47.9 Å². The number of thiophene rings is 1. The number of anilines is 2. The third-order valence-electron chi connectivity index (χ3n) is 4.85. The summed E-state index contributed by atoms with van der Waals surface area (Å²) in [5.74, 6) is -1.50. The zero-order chi connectivity index (χ0) is 25.5. The highest BCUT2D eigenvalue weighted by Crippen LogP contribution is 2.33. The molecular weight excluding hydrogens is 542 g/mol.